The number of ether oxygens (including phenoxy) is 1. The summed E-state index contributed by atoms with van der Waals surface area (Å²) >= 11 is 0. The van der Waals surface area contributed by atoms with Crippen molar-refractivity contribution in [2.45, 2.75) is 13.8 Å². The maximum atomic E-state index is 11.6. The highest BCUT2D eigenvalue weighted by Gasteiger charge is 2.07. The number of benzene rings is 1. The molecule has 2 rings (SSSR count). The molecule has 0 saturated heterocycles. The highest BCUT2D eigenvalue weighted by molar-refractivity contribution is 6.00. The summed E-state index contributed by atoms with van der Waals surface area (Å²) in [5.41, 5.74) is 4.06. The number of carbonyl (C=O) groups is 1. The van der Waals surface area contributed by atoms with Crippen molar-refractivity contribution in [2.24, 2.45) is 5.10 Å². The van der Waals surface area contributed by atoms with Gasteiger partial charge in [0.15, 0.2) is 5.76 Å². The van der Waals surface area contributed by atoms with Crippen LogP contribution in [-0.4, -0.2) is 18.2 Å². The molecule has 0 saturated carbocycles. The number of rotatable bonds is 5. The Morgan fingerprint density at radius 3 is 2.65 bits per heavy atom. The number of nitrogens with zero attached hydrogens (tertiary/aromatic N) is 1. The highest BCUT2D eigenvalue weighted by atomic mass is 16.5. The maximum absolute atomic E-state index is 11.6. The van der Waals surface area contributed by atoms with E-state index in [4.69, 9.17) is 9.15 Å². The van der Waals surface area contributed by atoms with Crippen LogP contribution in [-0.2, 0) is 0 Å². The van der Waals surface area contributed by atoms with E-state index in [-0.39, 0.29) is 11.7 Å². The van der Waals surface area contributed by atoms with Crippen molar-refractivity contribution in [2.75, 3.05) is 6.61 Å². The van der Waals surface area contributed by atoms with Crippen LogP contribution in [0.2, 0.25) is 0 Å². The van der Waals surface area contributed by atoms with Crippen LogP contribution >= 0.6 is 0 Å². The molecule has 1 heterocycles. The zero-order chi connectivity index (χ0) is 14.4. The Hall–Kier alpha value is -2.56. The zero-order valence-electron chi connectivity index (χ0n) is 11.4. The van der Waals surface area contributed by atoms with Crippen LogP contribution < -0.4 is 10.2 Å². The Balaban J connectivity index is 2.01. The van der Waals surface area contributed by atoms with Crippen molar-refractivity contribution in [1.29, 1.82) is 0 Å². The van der Waals surface area contributed by atoms with Gasteiger partial charge in [-0.05, 0) is 55.8 Å². The summed E-state index contributed by atoms with van der Waals surface area (Å²) in [5.74, 6) is 0.664. The summed E-state index contributed by atoms with van der Waals surface area (Å²) in [6.45, 7) is 4.38. The second-order valence-corrected chi connectivity index (χ2v) is 4.07. The van der Waals surface area contributed by atoms with E-state index in [9.17, 15) is 4.79 Å². The van der Waals surface area contributed by atoms with Gasteiger partial charge in [-0.3, -0.25) is 4.79 Å². The van der Waals surface area contributed by atoms with Gasteiger partial charge in [0.25, 0.3) is 0 Å². The van der Waals surface area contributed by atoms with Gasteiger partial charge < -0.3 is 9.15 Å². The van der Waals surface area contributed by atoms with Crippen LogP contribution in [0, 0.1) is 0 Å². The summed E-state index contributed by atoms with van der Waals surface area (Å²) in [6, 6.07) is 10.7. The van der Waals surface area contributed by atoms with Gasteiger partial charge in [-0.1, -0.05) is 0 Å². The Bertz CT molecular complexity index is 586. The summed E-state index contributed by atoms with van der Waals surface area (Å²) in [4.78, 5) is 11.6. The van der Waals surface area contributed by atoms with Crippen LogP contribution in [0.25, 0.3) is 0 Å². The fourth-order valence-electron chi connectivity index (χ4n) is 1.62. The molecule has 1 aromatic carbocycles. The Labute approximate surface area is 117 Å². The molecule has 0 atom stereocenters. The monoisotopic (exact) mass is 272 g/mol. The van der Waals surface area contributed by atoms with Crippen LogP contribution in [0.1, 0.15) is 30.0 Å². The number of hydrogen-bond acceptors (Lipinski definition) is 4. The normalized spacial score (nSPS) is 11.2. The molecule has 20 heavy (non-hydrogen) atoms. The number of amides is 1. The predicted octanol–water partition coefficient (Wildman–Crippen LogP) is 2.83. The van der Waals surface area contributed by atoms with Crippen LogP contribution in [0.3, 0.4) is 0 Å². The van der Waals surface area contributed by atoms with E-state index in [1.165, 1.54) is 6.26 Å². The van der Waals surface area contributed by atoms with Crippen molar-refractivity contribution in [3.8, 4) is 5.75 Å². The van der Waals surface area contributed by atoms with Crippen molar-refractivity contribution in [3.63, 3.8) is 0 Å². The Morgan fingerprint density at radius 2 is 2.05 bits per heavy atom. The lowest BCUT2D eigenvalue weighted by Crippen LogP contribution is -2.18. The fraction of sp³-hybridized carbons (Fsp3) is 0.200. The standard InChI is InChI=1S/C15H16N2O3/c1-3-19-13-8-6-12(7-9-13)11(2)16-17-15(18)14-5-4-10-20-14/h4-10H,3H2,1-2H3,(H,17,18). The van der Waals surface area contributed by atoms with Crippen LogP contribution in [0.5, 0.6) is 5.75 Å². The topological polar surface area (TPSA) is 63.8 Å². The molecule has 0 bridgehead atoms. The van der Waals surface area contributed by atoms with E-state index >= 15 is 0 Å². The number of furan rings is 1. The van der Waals surface area contributed by atoms with Crippen molar-refractivity contribution in [1.82, 2.24) is 5.43 Å². The average Bonchev–Trinajstić information content (AvgIpc) is 3.00. The lowest BCUT2D eigenvalue weighted by atomic mass is 10.1. The number of hydrogen-bond donors (Lipinski definition) is 1. The quantitative estimate of drug-likeness (QED) is 0.672. The minimum Gasteiger partial charge on any atom is -0.494 e. The molecule has 0 radical (unpaired) electrons. The molecule has 0 aliphatic carbocycles. The van der Waals surface area contributed by atoms with Gasteiger partial charge in [0.2, 0.25) is 0 Å². The van der Waals surface area contributed by atoms with E-state index in [0.717, 1.165) is 11.3 Å². The number of hydrazone groups is 1. The smallest absolute Gasteiger partial charge is 0.307 e. The van der Waals surface area contributed by atoms with Gasteiger partial charge in [0.05, 0.1) is 18.6 Å². The summed E-state index contributed by atoms with van der Waals surface area (Å²) in [7, 11) is 0. The van der Waals surface area contributed by atoms with Gasteiger partial charge in [0.1, 0.15) is 5.75 Å². The lowest BCUT2D eigenvalue weighted by Gasteiger charge is -2.05. The predicted molar refractivity (Wildman–Crippen MR) is 76.0 cm³/mol. The third kappa shape index (κ3) is 3.47. The second kappa shape index (κ2) is 6.56. The Kier molecular flexibility index (Phi) is 4.55. The minimum atomic E-state index is -0.375. The molecule has 104 valence electrons. The zero-order valence-corrected chi connectivity index (χ0v) is 11.4. The molecular formula is C15H16N2O3. The summed E-state index contributed by atoms with van der Waals surface area (Å²) in [6.07, 6.45) is 1.44. The fourth-order valence-corrected chi connectivity index (χ4v) is 1.62. The SMILES string of the molecule is CCOc1ccc(C(C)=NNC(=O)c2ccco2)cc1. The number of nitrogens with one attached hydrogen (secondary N) is 1. The van der Waals surface area contributed by atoms with Crippen molar-refractivity contribution < 1.29 is 13.9 Å². The molecule has 0 aliphatic heterocycles. The van der Waals surface area contributed by atoms with E-state index < -0.39 is 0 Å². The first-order valence-electron chi connectivity index (χ1n) is 6.32. The molecule has 5 heteroatoms. The van der Waals surface area contributed by atoms with Gasteiger partial charge >= 0.3 is 5.91 Å². The van der Waals surface area contributed by atoms with Crippen LogP contribution in [0.15, 0.2) is 52.2 Å². The molecular weight excluding hydrogens is 256 g/mol. The molecule has 1 N–H and O–H groups in total. The van der Waals surface area contributed by atoms with Gasteiger partial charge in [-0.25, -0.2) is 5.43 Å². The molecule has 1 amide bonds. The molecule has 0 fully saturated rings. The highest BCUT2D eigenvalue weighted by Crippen LogP contribution is 2.12. The van der Waals surface area contributed by atoms with Crippen LogP contribution in [0.4, 0.5) is 0 Å². The molecule has 2 aromatic rings. The molecule has 0 unspecified atom stereocenters. The Morgan fingerprint density at radius 1 is 1.30 bits per heavy atom. The van der Waals surface area contributed by atoms with Gasteiger partial charge in [0, 0.05) is 0 Å². The van der Waals surface area contributed by atoms with E-state index in [0.29, 0.717) is 12.3 Å². The molecule has 0 spiro atoms. The van der Waals surface area contributed by atoms with E-state index in [2.05, 4.69) is 10.5 Å². The second-order valence-electron chi connectivity index (χ2n) is 4.07. The van der Waals surface area contributed by atoms with Gasteiger partial charge in [-0.2, -0.15) is 5.10 Å². The van der Waals surface area contributed by atoms with E-state index in [1.54, 1.807) is 12.1 Å². The largest absolute Gasteiger partial charge is 0.494 e. The summed E-state index contributed by atoms with van der Waals surface area (Å²) in [5, 5.41) is 4.04. The summed E-state index contributed by atoms with van der Waals surface area (Å²) < 4.78 is 10.3. The van der Waals surface area contributed by atoms with E-state index in [1.807, 2.05) is 38.1 Å². The van der Waals surface area contributed by atoms with Crippen molar-refractivity contribution >= 4 is 11.6 Å². The first kappa shape index (κ1) is 13.9. The average molecular weight is 272 g/mol. The molecule has 1 aromatic heterocycles. The molecule has 0 aliphatic rings. The number of carbonyl (C=O) groups excluding carboxylic acids is 1. The van der Waals surface area contributed by atoms with Crippen molar-refractivity contribution in [3.05, 3.63) is 54.0 Å². The maximum Gasteiger partial charge on any atom is 0.307 e. The van der Waals surface area contributed by atoms with Gasteiger partial charge in [-0.15, -0.1) is 0 Å². The first-order chi connectivity index (χ1) is 9.70. The lowest BCUT2D eigenvalue weighted by molar-refractivity contribution is 0.0927. The first-order valence-corrected chi connectivity index (χ1v) is 6.32. The minimum absolute atomic E-state index is 0.230. The molecule has 5 nitrogen and oxygen atoms in total. The third-order valence-electron chi connectivity index (χ3n) is 2.65. The third-order valence-corrected chi connectivity index (χ3v) is 2.65.